The van der Waals surface area contributed by atoms with Gasteiger partial charge in [0.1, 0.15) is 5.78 Å². The lowest BCUT2D eigenvalue weighted by molar-refractivity contribution is -0.117. The van der Waals surface area contributed by atoms with Gasteiger partial charge in [0, 0.05) is 13.0 Å². The van der Waals surface area contributed by atoms with Gasteiger partial charge in [-0.25, -0.2) is 0 Å². The van der Waals surface area contributed by atoms with Crippen LogP contribution in [0.1, 0.15) is 58.3 Å². The quantitative estimate of drug-likeness (QED) is 0.524. The highest BCUT2D eigenvalue weighted by Gasteiger charge is 1.94. The van der Waals surface area contributed by atoms with Gasteiger partial charge in [-0.1, -0.05) is 32.1 Å². The molecule has 3 nitrogen and oxygen atoms in total. The maximum absolute atomic E-state index is 10.7. The molecular weight excluding hydrogens is 204 g/mol. The van der Waals surface area contributed by atoms with Gasteiger partial charge in [0.2, 0.25) is 0 Å². The van der Waals surface area contributed by atoms with Gasteiger partial charge in [-0.3, -0.25) is 0 Å². The highest BCUT2D eigenvalue weighted by Crippen LogP contribution is 2.08. The van der Waals surface area contributed by atoms with Crippen LogP contribution in [0.4, 0.5) is 0 Å². The third-order valence-electron chi connectivity index (χ3n) is 2.55. The Morgan fingerprint density at radius 2 is 1.50 bits per heavy atom. The lowest BCUT2D eigenvalue weighted by Gasteiger charge is -2.02. The fraction of sp³-hybridized carbons (Fsp3) is 0.923. The van der Waals surface area contributed by atoms with Crippen molar-refractivity contribution >= 4 is 5.78 Å². The summed E-state index contributed by atoms with van der Waals surface area (Å²) in [5.41, 5.74) is 0. The average Bonchev–Trinajstić information content (AvgIpc) is 2.25. The van der Waals surface area contributed by atoms with Crippen LogP contribution in [0.5, 0.6) is 0 Å². The normalized spacial score (nSPS) is 10.6. The number of rotatable bonds is 12. The predicted molar refractivity (Wildman–Crippen MR) is 65.5 cm³/mol. The predicted octanol–water partition coefficient (Wildman–Crippen LogP) is 2.71. The zero-order valence-electron chi connectivity index (χ0n) is 10.5. The third kappa shape index (κ3) is 13.6. The first-order chi connectivity index (χ1) is 7.77. The van der Waals surface area contributed by atoms with Crippen LogP contribution in [0.15, 0.2) is 0 Å². The SMILES string of the molecule is CC(=O)CCCCCCCCCOCCO. The smallest absolute Gasteiger partial charge is 0.129 e. The van der Waals surface area contributed by atoms with Crippen LogP contribution in [-0.2, 0) is 9.53 Å². The first-order valence-corrected chi connectivity index (χ1v) is 6.45. The van der Waals surface area contributed by atoms with Gasteiger partial charge in [-0.2, -0.15) is 0 Å². The molecule has 0 aliphatic carbocycles. The van der Waals surface area contributed by atoms with E-state index >= 15 is 0 Å². The Morgan fingerprint density at radius 1 is 0.938 bits per heavy atom. The highest BCUT2D eigenvalue weighted by atomic mass is 16.5. The van der Waals surface area contributed by atoms with E-state index in [4.69, 9.17) is 9.84 Å². The van der Waals surface area contributed by atoms with Gasteiger partial charge < -0.3 is 14.6 Å². The molecule has 0 aromatic carbocycles. The van der Waals surface area contributed by atoms with E-state index in [0.29, 0.717) is 12.4 Å². The topological polar surface area (TPSA) is 46.5 Å². The average molecular weight is 230 g/mol. The summed E-state index contributed by atoms with van der Waals surface area (Å²) in [5.74, 6) is 0.307. The molecule has 96 valence electrons. The zero-order valence-corrected chi connectivity index (χ0v) is 10.5. The monoisotopic (exact) mass is 230 g/mol. The lowest BCUT2D eigenvalue weighted by Crippen LogP contribution is -2.00. The summed E-state index contributed by atoms with van der Waals surface area (Å²) in [6.07, 6.45) is 9.03. The number of unbranched alkanes of at least 4 members (excludes halogenated alkanes) is 6. The van der Waals surface area contributed by atoms with Crippen molar-refractivity contribution in [2.24, 2.45) is 0 Å². The Bertz CT molecular complexity index is 157. The van der Waals surface area contributed by atoms with Crippen LogP contribution in [0.2, 0.25) is 0 Å². The summed E-state index contributed by atoms with van der Waals surface area (Å²) in [6.45, 7) is 3.01. The minimum absolute atomic E-state index is 0.121. The Hall–Kier alpha value is -0.410. The molecule has 16 heavy (non-hydrogen) atoms. The molecule has 3 heteroatoms. The molecule has 1 N–H and O–H groups in total. The van der Waals surface area contributed by atoms with E-state index in [1.165, 1.54) is 32.1 Å². The molecule has 0 aliphatic heterocycles. The van der Waals surface area contributed by atoms with Gasteiger partial charge in [0.15, 0.2) is 0 Å². The van der Waals surface area contributed by atoms with Crippen molar-refractivity contribution in [1.82, 2.24) is 0 Å². The number of aliphatic hydroxyl groups excluding tert-OH is 1. The van der Waals surface area contributed by atoms with Gasteiger partial charge >= 0.3 is 0 Å². The number of ether oxygens (including phenoxy) is 1. The lowest BCUT2D eigenvalue weighted by atomic mass is 10.1. The number of carbonyl (C=O) groups is 1. The van der Waals surface area contributed by atoms with Crippen molar-refractivity contribution in [3.05, 3.63) is 0 Å². The summed E-state index contributed by atoms with van der Waals surface area (Å²) in [7, 11) is 0. The van der Waals surface area contributed by atoms with E-state index in [1.54, 1.807) is 6.92 Å². The van der Waals surface area contributed by atoms with Gasteiger partial charge in [-0.05, 0) is 19.8 Å². The molecule has 0 fully saturated rings. The second-order valence-electron chi connectivity index (χ2n) is 4.26. The van der Waals surface area contributed by atoms with Crippen molar-refractivity contribution in [1.29, 1.82) is 0 Å². The molecule has 0 aliphatic rings. The molecule has 0 atom stereocenters. The maximum Gasteiger partial charge on any atom is 0.129 e. The Kier molecular flexibility index (Phi) is 12.3. The summed E-state index contributed by atoms with van der Waals surface area (Å²) in [5, 5.41) is 8.48. The van der Waals surface area contributed by atoms with Crippen LogP contribution in [0.25, 0.3) is 0 Å². The van der Waals surface area contributed by atoms with Crippen molar-refractivity contribution < 1.29 is 14.6 Å². The summed E-state index contributed by atoms with van der Waals surface area (Å²) in [6, 6.07) is 0. The summed E-state index contributed by atoms with van der Waals surface area (Å²) in [4.78, 5) is 10.7. The number of Topliss-reactive ketones (excluding diaryl/α,β-unsaturated/α-hetero) is 1. The molecule has 0 amide bonds. The molecule has 0 saturated carbocycles. The van der Waals surface area contributed by atoms with Crippen molar-refractivity contribution in [3.8, 4) is 0 Å². The van der Waals surface area contributed by atoms with Gasteiger partial charge in [0.05, 0.1) is 13.2 Å². The first-order valence-electron chi connectivity index (χ1n) is 6.45. The zero-order chi connectivity index (χ0) is 12.1. The van der Waals surface area contributed by atoms with E-state index < -0.39 is 0 Å². The van der Waals surface area contributed by atoms with Crippen molar-refractivity contribution in [2.75, 3.05) is 19.8 Å². The molecule has 0 aromatic rings. The second kappa shape index (κ2) is 12.7. The maximum atomic E-state index is 10.7. The highest BCUT2D eigenvalue weighted by molar-refractivity contribution is 5.75. The molecule has 0 bridgehead atoms. The summed E-state index contributed by atoms with van der Waals surface area (Å²) < 4.78 is 5.17. The fourth-order valence-electron chi connectivity index (χ4n) is 1.63. The standard InChI is InChI=1S/C13H26O3/c1-13(15)9-7-5-3-2-4-6-8-11-16-12-10-14/h14H,2-12H2,1H3. The van der Waals surface area contributed by atoms with Crippen molar-refractivity contribution in [3.63, 3.8) is 0 Å². The molecule has 0 heterocycles. The second-order valence-corrected chi connectivity index (χ2v) is 4.26. The van der Waals surface area contributed by atoms with E-state index in [0.717, 1.165) is 25.9 Å². The first kappa shape index (κ1) is 15.6. The van der Waals surface area contributed by atoms with Gasteiger partial charge in [-0.15, -0.1) is 0 Å². The third-order valence-corrected chi connectivity index (χ3v) is 2.55. The molecule has 0 spiro atoms. The van der Waals surface area contributed by atoms with E-state index in [2.05, 4.69) is 0 Å². The minimum atomic E-state index is 0.121. The largest absolute Gasteiger partial charge is 0.394 e. The molecule has 0 aromatic heterocycles. The Morgan fingerprint density at radius 3 is 2.06 bits per heavy atom. The van der Waals surface area contributed by atoms with Crippen LogP contribution in [-0.4, -0.2) is 30.7 Å². The number of ketones is 1. The number of hydrogen-bond acceptors (Lipinski definition) is 3. The molecule has 0 radical (unpaired) electrons. The van der Waals surface area contributed by atoms with Crippen LogP contribution in [0.3, 0.4) is 0 Å². The number of carbonyl (C=O) groups excluding carboxylic acids is 1. The van der Waals surface area contributed by atoms with Crippen LogP contribution in [0, 0.1) is 0 Å². The van der Waals surface area contributed by atoms with E-state index in [-0.39, 0.29) is 6.61 Å². The minimum Gasteiger partial charge on any atom is -0.394 e. The molecule has 0 unspecified atom stereocenters. The Labute approximate surface area is 99.2 Å². The van der Waals surface area contributed by atoms with Crippen molar-refractivity contribution in [2.45, 2.75) is 58.3 Å². The summed E-state index contributed by atoms with van der Waals surface area (Å²) >= 11 is 0. The van der Waals surface area contributed by atoms with E-state index in [9.17, 15) is 4.79 Å². The van der Waals surface area contributed by atoms with Gasteiger partial charge in [0.25, 0.3) is 0 Å². The molecule has 0 rings (SSSR count). The van der Waals surface area contributed by atoms with E-state index in [1.807, 2.05) is 0 Å². The number of aliphatic hydroxyl groups is 1. The fourth-order valence-corrected chi connectivity index (χ4v) is 1.63. The molecule has 0 saturated heterocycles. The van der Waals surface area contributed by atoms with Crippen LogP contribution >= 0.6 is 0 Å². The Balaban J connectivity index is 2.90. The number of hydrogen-bond donors (Lipinski definition) is 1. The molecular formula is C13H26O3. The van der Waals surface area contributed by atoms with Crippen LogP contribution < -0.4 is 0 Å².